The molecule has 13 nitrogen and oxygen atoms in total. The summed E-state index contributed by atoms with van der Waals surface area (Å²) in [6.07, 6.45) is 4.49. The van der Waals surface area contributed by atoms with Gasteiger partial charge in [0, 0.05) is 26.7 Å². The van der Waals surface area contributed by atoms with Crippen molar-refractivity contribution in [2.45, 2.75) is 88.6 Å². The van der Waals surface area contributed by atoms with Crippen molar-refractivity contribution in [2.24, 2.45) is 5.92 Å². The highest BCUT2D eigenvalue weighted by Gasteiger charge is 2.45. The van der Waals surface area contributed by atoms with Crippen LogP contribution in [0, 0.1) is 5.92 Å². The Labute approximate surface area is 251 Å². The second-order valence-corrected chi connectivity index (χ2v) is 12.7. The van der Waals surface area contributed by atoms with Gasteiger partial charge in [0.25, 0.3) is 6.47 Å². The van der Waals surface area contributed by atoms with E-state index in [9.17, 15) is 10.2 Å². The van der Waals surface area contributed by atoms with Gasteiger partial charge in [0.15, 0.2) is 17.7 Å². The standard InChI is InChI=1S/C29H42N8O3.CH2O2/c1-29(2,3)17-7-8-19-20(12-17)36(5)22(35-19)9-6-16-10-18(11-16)31-13-21-24(38)25(39)28(40-21)37-15-34-23-26(30-4)32-14-33-27(23)37;2-1-3/h7-8,12,14-16,18,21-22,24-25,28,31,35,38-39H,6,9-11,13H2,1-5H3,(H,30,32,33);1H,(H,2,3). The Hall–Kier alpha value is -3.52. The van der Waals surface area contributed by atoms with Crippen molar-refractivity contribution in [1.82, 2.24) is 24.8 Å². The van der Waals surface area contributed by atoms with Crippen molar-refractivity contribution in [2.75, 3.05) is 36.2 Å². The monoisotopic (exact) mass is 596 g/mol. The van der Waals surface area contributed by atoms with Gasteiger partial charge in [0.1, 0.15) is 30.2 Å². The zero-order chi connectivity index (χ0) is 30.9. The molecule has 4 heterocycles. The molecule has 234 valence electrons. The number of imidazole rings is 1. The van der Waals surface area contributed by atoms with E-state index in [1.54, 1.807) is 17.9 Å². The van der Waals surface area contributed by atoms with Crippen molar-refractivity contribution < 1.29 is 24.9 Å². The van der Waals surface area contributed by atoms with E-state index < -0.39 is 24.5 Å². The maximum Gasteiger partial charge on any atom is 0.290 e. The van der Waals surface area contributed by atoms with Gasteiger partial charge >= 0.3 is 0 Å². The number of ether oxygens (including phenoxy) is 1. The first-order valence-electron chi connectivity index (χ1n) is 14.9. The van der Waals surface area contributed by atoms with Crippen LogP contribution in [0.4, 0.5) is 17.2 Å². The molecule has 0 spiro atoms. The molecule has 1 saturated heterocycles. The van der Waals surface area contributed by atoms with E-state index >= 15 is 0 Å². The Kier molecular flexibility index (Phi) is 9.07. The normalized spacial score (nSPS) is 28.1. The van der Waals surface area contributed by atoms with Crippen LogP contribution in [0.25, 0.3) is 11.2 Å². The van der Waals surface area contributed by atoms with Crippen molar-refractivity contribution in [1.29, 1.82) is 0 Å². The Morgan fingerprint density at radius 3 is 2.58 bits per heavy atom. The number of hydrogen-bond donors (Lipinski definition) is 6. The molecule has 2 fully saturated rings. The molecule has 2 aliphatic heterocycles. The summed E-state index contributed by atoms with van der Waals surface area (Å²) in [6, 6.07) is 7.19. The Morgan fingerprint density at radius 2 is 1.88 bits per heavy atom. The van der Waals surface area contributed by atoms with Gasteiger partial charge in [-0.05, 0) is 54.7 Å². The molecule has 5 atom stereocenters. The summed E-state index contributed by atoms with van der Waals surface area (Å²) in [5, 5.41) is 38.6. The number of aliphatic hydroxyl groups excluding tert-OH is 2. The minimum atomic E-state index is -1.08. The van der Waals surface area contributed by atoms with Gasteiger partial charge in [-0.3, -0.25) is 9.36 Å². The Bertz CT molecular complexity index is 1400. The summed E-state index contributed by atoms with van der Waals surface area (Å²) in [4.78, 5) is 23.6. The smallest absolute Gasteiger partial charge is 0.290 e. The molecule has 3 aromatic rings. The first kappa shape index (κ1) is 30.9. The second kappa shape index (κ2) is 12.6. The van der Waals surface area contributed by atoms with E-state index in [0.29, 0.717) is 41.7 Å². The molecule has 13 heteroatoms. The van der Waals surface area contributed by atoms with Gasteiger partial charge in [-0.15, -0.1) is 0 Å². The minimum Gasteiger partial charge on any atom is -0.483 e. The molecular weight excluding hydrogens is 552 g/mol. The molecule has 2 aromatic heterocycles. The average Bonchev–Trinajstić information content (AvgIpc) is 3.61. The van der Waals surface area contributed by atoms with Crippen LogP contribution in [-0.2, 0) is 14.9 Å². The van der Waals surface area contributed by atoms with Crippen LogP contribution >= 0.6 is 0 Å². The van der Waals surface area contributed by atoms with Crippen molar-refractivity contribution in [3.05, 3.63) is 36.4 Å². The summed E-state index contributed by atoms with van der Waals surface area (Å²) in [7, 11) is 3.96. The van der Waals surface area contributed by atoms with Gasteiger partial charge in [0.2, 0.25) is 0 Å². The number of fused-ring (bicyclic) bond motifs is 2. The number of hydrogen-bond acceptors (Lipinski definition) is 11. The van der Waals surface area contributed by atoms with E-state index in [1.165, 1.54) is 29.7 Å². The zero-order valence-corrected chi connectivity index (χ0v) is 25.4. The fourth-order valence-corrected chi connectivity index (χ4v) is 6.29. The van der Waals surface area contributed by atoms with Crippen molar-refractivity contribution in [3.8, 4) is 0 Å². The number of carbonyl (C=O) groups is 1. The summed E-state index contributed by atoms with van der Waals surface area (Å²) < 4.78 is 7.78. The number of nitrogens with zero attached hydrogens (tertiary/aromatic N) is 5. The fraction of sp³-hybridized carbons (Fsp3) is 0.600. The maximum absolute atomic E-state index is 10.8. The number of aromatic nitrogens is 4. The van der Waals surface area contributed by atoms with Crippen LogP contribution in [0.15, 0.2) is 30.9 Å². The molecule has 3 aliphatic rings. The molecule has 1 aromatic carbocycles. The lowest BCUT2D eigenvalue weighted by molar-refractivity contribution is -0.122. The molecule has 0 amide bonds. The number of nitrogens with one attached hydrogen (secondary N) is 3. The maximum atomic E-state index is 10.8. The highest BCUT2D eigenvalue weighted by molar-refractivity contribution is 5.82. The molecule has 1 aliphatic carbocycles. The number of carboxylic acid groups (broad SMARTS) is 1. The Balaban J connectivity index is 0.00000118. The lowest BCUT2D eigenvalue weighted by Gasteiger charge is -2.38. The SMILES string of the molecule is CNc1ncnc2c1ncn2C1OC(CNC2CC(CCC3Nc4ccc(C(C)(C)C)cc4N3C)C2)C(O)C1O.O=CO. The summed E-state index contributed by atoms with van der Waals surface area (Å²) in [5.41, 5.74) is 5.15. The first-order valence-corrected chi connectivity index (χ1v) is 14.9. The summed E-state index contributed by atoms with van der Waals surface area (Å²) in [5.74, 6) is 1.29. The molecule has 0 bridgehead atoms. The zero-order valence-electron chi connectivity index (χ0n) is 25.4. The van der Waals surface area contributed by atoms with Gasteiger partial charge < -0.3 is 40.9 Å². The van der Waals surface area contributed by atoms with Crippen LogP contribution in [0.5, 0.6) is 0 Å². The predicted octanol–water partition coefficient (Wildman–Crippen LogP) is 2.52. The van der Waals surface area contributed by atoms with Crippen LogP contribution in [0.1, 0.15) is 58.2 Å². The van der Waals surface area contributed by atoms with E-state index in [4.69, 9.17) is 14.6 Å². The largest absolute Gasteiger partial charge is 0.483 e. The van der Waals surface area contributed by atoms with Crippen molar-refractivity contribution in [3.63, 3.8) is 0 Å². The third kappa shape index (κ3) is 6.26. The van der Waals surface area contributed by atoms with Crippen LogP contribution in [0.3, 0.4) is 0 Å². The predicted molar refractivity (Wildman–Crippen MR) is 164 cm³/mol. The highest BCUT2D eigenvalue weighted by atomic mass is 16.6. The van der Waals surface area contributed by atoms with Crippen LogP contribution in [0.2, 0.25) is 0 Å². The molecule has 1 saturated carbocycles. The number of benzene rings is 1. The summed E-state index contributed by atoms with van der Waals surface area (Å²) in [6.45, 7) is 7.00. The molecular formula is C30H44N8O5. The van der Waals surface area contributed by atoms with E-state index in [1.807, 2.05) is 0 Å². The van der Waals surface area contributed by atoms with E-state index in [-0.39, 0.29) is 11.9 Å². The number of anilines is 3. The minimum absolute atomic E-state index is 0.139. The van der Waals surface area contributed by atoms with Crippen LogP contribution < -0.4 is 20.9 Å². The third-order valence-electron chi connectivity index (χ3n) is 8.93. The number of aliphatic hydroxyl groups is 2. The van der Waals surface area contributed by atoms with E-state index in [2.05, 4.69) is 81.8 Å². The quantitative estimate of drug-likeness (QED) is 0.210. The van der Waals surface area contributed by atoms with Gasteiger partial charge in [-0.1, -0.05) is 26.8 Å². The molecule has 5 unspecified atom stereocenters. The van der Waals surface area contributed by atoms with Gasteiger partial charge in [0.05, 0.1) is 23.9 Å². The molecule has 6 N–H and O–H groups in total. The fourth-order valence-electron chi connectivity index (χ4n) is 6.29. The molecule has 43 heavy (non-hydrogen) atoms. The average molecular weight is 597 g/mol. The summed E-state index contributed by atoms with van der Waals surface area (Å²) >= 11 is 0. The van der Waals surface area contributed by atoms with Gasteiger partial charge in [-0.2, -0.15) is 0 Å². The van der Waals surface area contributed by atoms with Crippen LogP contribution in [-0.4, -0.2) is 92.5 Å². The Morgan fingerprint density at radius 1 is 1.14 bits per heavy atom. The van der Waals surface area contributed by atoms with E-state index in [0.717, 1.165) is 19.3 Å². The van der Waals surface area contributed by atoms with Crippen molar-refractivity contribution >= 4 is 34.8 Å². The lowest BCUT2D eigenvalue weighted by Crippen LogP contribution is -2.47. The topological polar surface area (TPSA) is 170 Å². The highest BCUT2D eigenvalue weighted by Crippen LogP contribution is 2.40. The first-order chi connectivity index (χ1) is 20.5. The number of rotatable bonds is 8. The van der Waals surface area contributed by atoms with Gasteiger partial charge in [-0.25, -0.2) is 15.0 Å². The third-order valence-corrected chi connectivity index (χ3v) is 8.93. The molecule has 6 rings (SSSR count). The second-order valence-electron chi connectivity index (χ2n) is 12.7. The molecule has 0 radical (unpaired) electrons. The lowest BCUT2D eigenvalue weighted by atomic mass is 9.77.